The van der Waals surface area contributed by atoms with E-state index in [1.54, 1.807) is 6.20 Å². The topological polar surface area (TPSA) is 51.2 Å². The molecule has 4 heteroatoms. The number of hydrogen-bond acceptors (Lipinski definition) is 3. The Kier molecular flexibility index (Phi) is 5.39. The summed E-state index contributed by atoms with van der Waals surface area (Å²) in [6.07, 6.45) is 7.17. The van der Waals surface area contributed by atoms with E-state index in [1.807, 2.05) is 6.07 Å². The number of nitrogens with one attached hydrogen (secondary N) is 1. The summed E-state index contributed by atoms with van der Waals surface area (Å²) in [5.74, 6) is 1.38. The smallest absolute Gasteiger partial charge is 0.257 e. The largest absolute Gasteiger partial charge is 0.483 e. The number of aryl methyl sites for hydroxylation is 1. The molecule has 1 aromatic heterocycles. The van der Waals surface area contributed by atoms with Crippen LogP contribution in [0.5, 0.6) is 5.75 Å². The van der Waals surface area contributed by atoms with Gasteiger partial charge in [-0.3, -0.25) is 9.78 Å². The van der Waals surface area contributed by atoms with E-state index in [0.29, 0.717) is 12.5 Å². The van der Waals surface area contributed by atoms with Gasteiger partial charge in [-0.15, -0.1) is 0 Å². The van der Waals surface area contributed by atoms with Crippen molar-refractivity contribution in [2.24, 2.45) is 5.92 Å². The normalized spacial score (nSPS) is 13.9. The molecule has 0 fully saturated rings. The van der Waals surface area contributed by atoms with Gasteiger partial charge in [-0.1, -0.05) is 13.8 Å². The summed E-state index contributed by atoms with van der Waals surface area (Å²) >= 11 is 0. The molecule has 1 aliphatic rings. The van der Waals surface area contributed by atoms with Crippen LogP contribution in [0.3, 0.4) is 0 Å². The highest BCUT2D eigenvalue weighted by atomic mass is 16.5. The van der Waals surface area contributed by atoms with E-state index in [2.05, 4.69) is 24.1 Å². The quantitative estimate of drug-likeness (QED) is 0.868. The zero-order chi connectivity index (χ0) is 14.4. The molecule has 1 aromatic rings. The summed E-state index contributed by atoms with van der Waals surface area (Å²) in [4.78, 5) is 16.1. The highest BCUT2D eigenvalue weighted by Gasteiger charge is 2.15. The number of hydrogen-bond donors (Lipinski definition) is 1. The number of amides is 1. The van der Waals surface area contributed by atoms with Gasteiger partial charge in [-0.25, -0.2) is 0 Å². The molecule has 0 spiro atoms. The molecule has 0 radical (unpaired) electrons. The van der Waals surface area contributed by atoms with Crippen LogP contribution in [0.15, 0.2) is 12.3 Å². The summed E-state index contributed by atoms with van der Waals surface area (Å²) in [7, 11) is 0. The fraction of sp³-hybridized carbons (Fsp3) is 0.625. The number of carbonyl (C=O) groups is 1. The maximum absolute atomic E-state index is 11.7. The van der Waals surface area contributed by atoms with Crippen LogP contribution in [0.2, 0.25) is 0 Å². The van der Waals surface area contributed by atoms with Crippen LogP contribution in [-0.2, 0) is 17.6 Å². The van der Waals surface area contributed by atoms with E-state index >= 15 is 0 Å². The third kappa shape index (κ3) is 4.22. The van der Waals surface area contributed by atoms with Crippen LogP contribution in [0.25, 0.3) is 0 Å². The zero-order valence-corrected chi connectivity index (χ0v) is 12.4. The third-order valence-electron chi connectivity index (χ3n) is 3.60. The number of ether oxygens (including phenoxy) is 1. The average molecular weight is 276 g/mol. The Morgan fingerprint density at radius 2 is 2.20 bits per heavy atom. The van der Waals surface area contributed by atoms with E-state index in [4.69, 9.17) is 4.74 Å². The molecule has 1 N–H and O–H groups in total. The van der Waals surface area contributed by atoms with Crippen LogP contribution in [0.1, 0.15) is 44.4 Å². The van der Waals surface area contributed by atoms with Crippen LogP contribution in [-0.4, -0.2) is 24.0 Å². The Morgan fingerprint density at radius 3 is 3.00 bits per heavy atom. The molecule has 110 valence electrons. The average Bonchev–Trinajstić information content (AvgIpc) is 2.44. The Hall–Kier alpha value is -1.58. The number of aromatic nitrogens is 1. The Labute approximate surface area is 120 Å². The molecule has 20 heavy (non-hydrogen) atoms. The van der Waals surface area contributed by atoms with Crippen LogP contribution >= 0.6 is 0 Å². The summed E-state index contributed by atoms with van der Waals surface area (Å²) in [6.45, 7) is 5.10. The van der Waals surface area contributed by atoms with Crippen LogP contribution in [0.4, 0.5) is 0 Å². The molecule has 0 saturated carbocycles. The molecule has 0 aliphatic heterocycles. The van der Waals surface area contributed by atoms with Crippen molar-refractivity contribution in [3.05, 3.63) is 23.5 Å². The first-order valence-corrected chi connectivity index (χ1v) is 7.53. The predicted octanol–water partition coefficient (Wildman–Crippen LogP) is 2.50. The number of pyridine rings is 1. The number of fused-ring (bicyclic) bond motifs is 1. The molecule has 0 aromatic carbocycles. The lowest BCUT2D eigenvalue weighted by Crippen LogP contribution is -2.30. The first-order chi connectivity index (χ1) is 9.66. The van der Waals surface area contributed by atoms with Crippen molar-refractivity contribution in [3.63, 3.8) is 0 Å². The van der Waals surface area contributed by atoms with Crippen molar-refractivity contribution in [3.8, 4) is 5.75 Å². The van der Waals surface area contributed by atoms with Gasteiger partial charge in [0.25, 0.3) is 5.91 Å². The minimum absolute atomic E-state index is 0.0491. The van der Waals surface area contributed by atoms with Crippen LogP contribution < -0.4 is 10.1 Å². The van der Waals surface area contributed by atoms with Gasteiger partial charge in [0.05, 0.1) is 0 Å². The van der Waals surface area contributed by atoms with Crippen molar-refractivity contribution in [1.29, 1.82) is 0 Å². The predicted molar refractivity (Wildman–Crippen MR) is 78.8 cm³/mol. The second-order valence-corrected chi connectivity index (χ2v) is 5.76. The number of carbonyl (C=O) groups excluding carboxylic acids is 1. The lowest BCUT2D eigenvalue weighted by molar-refractivity contribution is -0.123. The highest BCUT2D eigenvalue weighted by molar-refractivity contribution is 5.77. The Balaban J connectivity index is 1.83. The summed E-state index contributed by atoms with van der Waals surface area (Å²) in [5, 5.41) is 2.88. The maximum Gasteiger partial charge on any atom is 0.257 e. The molecule has 2 rings (SSSR count). The summed E-state index contributed by atoms with van der Waals surface area (Å²) in [5.41, 5.74) is 2.32. The van der Waals surface area contributed by atoms with Gasteiger partial charge >= 0.3 is 0 Å². The fourth-order valence-electron chi connectivity index (χ4n) is 2.42. The third-order valence-corrected chi connectivity index (χ3v) is 3.60. The second kappa shape index (κ2) is 7.27. The molecule has 0 bridgehead atoms. The van der Waals surface area contributed by atoms with Gasteiger partial charge in [0.1, 0.15) is 5.75 Å². The molecule has 0 unspecified atom stereocenters. The Bertz CT molecular complexity index is 458. The first-order valence-electron chi connectivity index (χ1n) is 7.53. The summed E-state index contributed by atoms with van der Waals surface area (Å²) in [6, 6.07) is 1.87. The van der Waals surface area contributed by atoms with Crippen molar-refractivity contribution in [2.75, 3.05) is 13.2 Å². The molecular formula is C16H24N2O2. The van der Waals surface area contributed by atoms with E-state index in [1.165, 1.54) is 18.4 Å². The molecule has 1 aliphatic carbocycles. The van der Waals surface area contributed by atoms with Gasteiger partial charge in [0.15, 0.2) is 6.61 Å². The van der Waals surface area contributed by atoms with E-state index in [9.17, 15) is 4.79 Å². The lowest BCUT2D eigenvalue weighted by atomic mass is 9.95. The highest BCUT2D eigenvalue weighted by Crippen LogP contribution is 2.27. The number of nitrogens with zero attached hydrogens (tertiary/aromatic N) is 1. The molecule has 0 atom stereocenters. The van der Waals surface area contributed by atoms with Crippen molar-refractivity contribution < 1.29 is 9.53 Å². The minimum Gasteiger partial charge on any atom is -0.483 e. The fourth-order valence-corrected chi connectivity index (χ4v) is 2.42. The van der Waals surface area contributed by atoms with E-state index < -0.39 is 0 Å². The first kappa shape index (κ1) is 14.8. The molecule has 4 nitrogen and oxygen atoms in total. The van der Waals surface area contributed by atoms with Crippen molar-refractivity contribution in [2.45, 2.75) is 46.0 Å². The second-order valence-electron chi connectivity index (χ2n) is 5.76. The Morgan fingerprint density at radius 1 is 1.40 bits per heavy atom. The summed E-state index contributed by atoms with van der Waals surface area (Å²) < 4.78 is 5.67. The van der Waals surface area contributed by atoms with E-state index in [0.717, 1.165) is 30.7 Å². The van der Waals surface area contributed by atoms with Gasteiger partial charge in [0, 0.05) is 24.0 Å². The van der Waals surface area contributed by atoms with Gasteiger partial charge in [0.2, 0.25) is 0 Å². The SMILES string of the molecule is CC(C)CCNC(=O)COc1ccnc2c1CCCC2. The van der Waals surface area contributed by atoms with E-state index in [-0.39, 0.29) is 12.5 Å². The standard InChI is InChI=1S/C16H24N2O2/c1-12(2)7-9-18-16(19)11-20-15-8-10-17-14-6-4-3-5-13(14)15/h8,10,12H,3-7,9,11H2,1-2H3,(H,18,19). The van der Waals surface area contributed by atoms with Crippen molar-refractivity contribution >= 4 is 5.91 Å². The maximum atomic E-state index is 11.7. The molecule has 1 amide bonds. The van der Waals surface area contributed by atoms with Crippen molar-refractivity contribution in [1.82, 2.24) is 10.3 Å². The molecule has 1 heterocycles. The van der Waals surface area contributed by atoms with Crippen LogP contribution in [0, 0.1) is 5.92 Å². The zero-order valence-electron chi connectivity index (χ0n) is 12.4. The van der Waals surface area contributed by atoms with Gasteiger partial charge < -0.3 is 10.1 Å². The van der Waals surface area contributed by atoms with Gasteiger partial charge in [-0.05, 0) is 44.1 Å². The minimum atomic E-state index is -0.0491. The monoisotopic (exact) mass is 276 g/mol. The number of rotatable bonds is 6. The lowest BCUT2D eigenvalue weighted by Gasteiger charge is -2.18. The van der Waals surface area contributed by atoms with Gasteiger partial charge in [-0.2, -0.15) is 0 Å². The molecular weight excluding hydrogens is 252 g/mol. The molecule has 0 saturated heterocycles.